The number of rotatable bonds is 8. The van der Waals surface area contributed by atoms with Gasteiger partial charge in [0.1, 0.15) is 6.54 Å². The fourth-order valence-electron chi connectivity index (χ4n) is 2.97. The number of morpholine rings is 1. The van der Waals surface area contributed by atoms with Gasteiger partial charge < -0.3 is 19.9 Å². The molecule has 1 saturated heterocycles. The number of hydrogen-bond acceptors (Lipinski definition) is 4. The second-order valence-electron chi connectivity index (χ2n) is 7.50. The number of hydrogen-bond donors (Lipinski definition) is 1. The summed E-state index contributed by atoms with van der Waals surface area (Å²) >= 11 is 0. The molecule has 1 N–H and O–H groups in total. The number of nitrogens with one attached hydrogen (secondary N) is 1. The van der Waals surface area contributed by atoms with Gasteiger partial charge in [-0.15, -0.1) is 24.0 Å². The molecule has 1 aliphatic rings. The number of carbonyl (C=O) groups is 1. The van der Waals surface area contributed by atoms with Crippen LogP contribution in [0.2, 0.25) is 0 Å². The zero-order valence-electron chi connectivity index (χ0n) is 18.2. The average molecular weight is 517 g/mol. The molecule has 0 spiro atoms. The van der Waals surface area contributed by atoms with Crippen LogP contribution < -0.4 is 5.32 Å². The maximum absolute atomic E-state index is 12.0. The number of likely N-dealkylation sites (N-methyl/N-ethyl adjacent to an activating group) is 1. The van der Waals surface area contributed by atoms with Crippen molar-refractivity contribution in [3.63, 3.8) is 0 Å². The number of amides is 1. The van der Waals surface area contributed by atoms with Crippen LogP contribution in [0.3, 0.4) is 0 Å². The smallest absolute Gasteiger partial charge is 0.243 e. The number of guanidine groups is 1. The van der Waals surface area contributed by atoms with Crippen molar-refractivity contribution in [1.29, 1.82) is 0 Å². The Morgan fingerprint density at radius 2 is 1.83 bits per heavy atom. The minimum absolute atomic E-state index is 0. The van der Waals surface area contributed by atoms with Crippen molar-refractivity contribution in [2.75, 3.05) is 67.1 Å². The molecular weight excluding hydrogens is 481 g/mol. The normalized spacial score (nSPS) is 14.8. The highest BCUT2D eigenvalue weighted by atomic mass is 127. The third kappa shape index (κ3) is 9.77. The van der Waals surface area contributed by atoms with Gasteiger partial charge in [0.2, 0.25) is 5.91 Å². The number of nitrogens with zero attached hydrogens (tertiary/aromatic N) is 4. The predicted octanol–water partition coefficient (Wildman–Crippen LogP) is 1.80. The van der Waals surface area contributed by atoms with E-state index in [-0.39, 0.29) is 36.4 Å². The lowest BCUT2D eigenvalue weighted by molar-refractivity contribution is -0.127. The van der Waals surface area contributed by atoms with Crippen molar-refractivity contribution in [2.24, 2.45) is 4.99 Å². The van der Waals surface area contributed by atoms with Crippen molar-refractivity contribution >= 4 is 35.8 Å². The van der Waals surface area contributed by atoms with E-state index in [9.17, 15) is 4.79 Å². The molecular formula is C21H36IN5O2. The molecule has 0 aliphatic carbocycles. The van der Waals surface area contributed by atoms with Gasteiger partial charge in [0, 0.05) is 47.3 Å². The second-order valence-corrected chi connectivity index (χ2v) is 7.50. The molecule has 0 atom stereocenters. The van der Waals surface area contributed by atoms with Crippen LogP contribution in [0.1, 0.15) is 17.5 Å². The maximum atomic E-state index is 12.0. The number of aliphatic imine (C=N–C) groups is 1. The fraction of sp³-hybridized carbons (Fsp3) is 0.619. The number of carbonyl (C=O) groups excluding carboxylic acids is 1. The van der Waals surface area contributed by atoms with Gasteiger partial charge >= 0.3 is 0 Å². The Morgan fingerprint density at radius 3 is 2.45 bits per heavy atom. The lowest BCUT2D eigenvalue weighted by Gasteiger charge is -2.27. The quantitative estimate of drug-likeness (QED) is 0.247. The number of benzene rings is 1. The molecule has 0 unspecified atom stereocenters. The number of ether oxygens (including phenoxy) is 1. The lowest BCUT2D eigenvalue weighted by atomic mass is 10.1. The van der Waals surface area contributed by atoms with Gasteiger partial charge in [0.25, 0.3) is 0 Å². The van der Waals surface area contributed by atoms with Crippen LogP contribution in [0.15, 0.2) is 29.3 Å². The third-order valence-electron chi connectivity index (χ3n) is 4.80. The second kappa shape index (κ2) is 13.8. The summed E-state index contributed by atoms with van der Waals surface area (Å²) in [5.74, 6) is 0.758. The van der Waals surface area contributed by atoms with Crippen LogP contribution in [0.5, 0.6) is 0 Å². The molecule has 29 heavy (non-hydrogen) atoms. The summed E-state index contributed by atoms with van der Waals surface area (Å²) in [6.07, 6.45) is 1.03. The van der Waals surface area contributed by atoms with Crippen molar-refractivity contribution in [1.82, 2.24) is 20.0 Å². The predicted molar refractivity (Wildman–Crippen MR) is 129 cm³/mol. The summed E-state index contributed by atoms with van der Waals surface area (Å²) in [4.78, 5) is 22.6. The summed E-state index contributed by atoms with van der Waals surface area (Å²) in [5.41, 5.74) is 2.47. The Morgan fingerprint density at radius 1 is 1.17 bits per heavy atom. The molecule has 0 radical (unpaired) electrons. The molecule has 7 nitrogen and oxygen atoms in total. The highest BCUT2D eigenvalue weighted by Gasteiger charge is 2.12. The maximum Gasteiger partial charge on any atom is 0.243 e. The summed E-state index contributed by atoms with van der Waals surface area (Å²) in [7, 11) is 5.51. The van der Waals surface area contributed by atoms with Gasteiger partial charge in [0.15, 0.2) is 5.96 Å². The van der Waals surface area contributed by atoms with Crippen LogP contribution in [-0.4, -0.2) is 93.6 Å². The first kappa shape index (κ1) is 25.6. The van der Waals surface area contributed by atoms with Gasteiger partial charge in [-0.2, -0.15) is 0 Å². The highest BCUT2D eigenvalue weighted by Crippen LogP contribution is 2.06. The molecule has 1 aromatic rings. The van der Waals surface area contributed by atoms with Crippen LogP contribution >= 0.6 is 24.0 Å². The SMILES string of the molecule is Cc1ccc(CN(C)C(=NCC(=O)N(C)C)NCCCN2CCOCC2)cc1.I. The summed E-state index contributed by atoms with van der Waals surface area (Å²) < 4.78 is 5.39. The molecule has 2 rings (SSSR count). The summed E-state index contributed by atoms with van der Waals surface area (Å²) in [6.45, 7) is 8.51. The van der Waals surface area contributed by atoms with E-state index >= 15 is 0 Å². The first-order valence-electron chi connectivity index (χ1n) is 10.0. The summed E-state index contributed by atoms with van der Waals surface area (Å²) in [6, 6.07) is 8.50. The van der Waals surface area contributed by atoms with E-state index in [0.717, 1.165) is 58.3 Å². The molecule has 164 valence electrons. The van der Waals surface area contributed by atoms with E-state index in [4.69, 9.17) is 4.74 Å². The van der Waals surface area contributed by atoms with Crippen molar-refractivity contribution in [2.45, 2.75) is 19.9 Å². The van der Waals surface area contributed by atoms with E-state index in [0.29, 0.717) is 0 Å². The Hall–Kier alpha value is -1.39. The van der Waals surface area contributed by atoms with Gasteiger partial charge in [-0.3, -0.25) is 9.69 Å². The van der Waals surface area contributed by atoms with Crippen molar-refractivity contribution in [3.8, 4) is 0 Å². The Bertz CT molecular complexity index is 630. The molecule has 1 fully saturated rings. The van der Waals surface area contributed by atoms with Gasteiger partial charge in [-0.25, -0.2) is 4.99 Å². The highest BCUT2D eigenvalue weighted by molar-refractivity contribution is 14.0. The van der Waals surface area contributed by atoms with E-state index in [1.54, 1.807) is 19.0 Å². The minimum atomic E-state index is -0.00338. The van der Waals surface area contributed by atoms with E-state index in [2.05, 4.69) is 51.3 Å². The zero-order chi connectivity index (χ0) is 20.4. The molecule has 1 aliphatic heterocycles. The largest absolute Gasteiger partial charge is 0.379 e. The van der Waals surface area contributed by atoms with E-state index in [1.807, 2.05) is 7.05 Å². The Labute approximate surface area is 192 Å². The number of aryl methyl sites for hydroxylation is 1. The number of halogens is 1. The van der Waals surface area contributed by atoms with Gasteiger partial charge in [-0.05, 0) is 25.5 Å². The standard InChI is InChI=1S/C21H35N5O2.HI/c1-18-6-8-19(9-7-18)17-25(4)21(23-16-20(27)24(2)3)22-10-5-11-26-12-14-28-15-13-26;/h6-9H,5,10-17H2,1-4H3,(H,22,23);1H. The van der Waals surface area contributed by atoms with Crippen LogP contribution in [-0.2, 0) is 16.1 Å². The fourth-order valence-corrected chi connectivity index (χ4v) is 2.97. The van der Waals surface area contributed by atoms with E-state index in [1.165, 1.54) is 11.1 Å². The molecule has 1 amide bonds. The molecule has 1 heterocycles. The van der Waals surface area contributed by atoms with Crippen molar-refractivity contribution in [3.05, 3.63) is 35.4 Å². The summed E-state index contributed by atoms with van der Waals surface area (Å²) in [5, 5.41) is 3.43. The first-order valence-corrected chi connectivity index (χ1v) is 10.0. The van der Waals surface area contributed by atoms with Crippen molar-refractivity contribution < 1.29 is 9.53 Å². The van der Waals surface area contributed by atoms with Crippen LogP contribution in [0.4, 0.5) is 0 Å². The molecule has 1 aromatic carbocycles. The molecule has 0 aromatic heterocycles. The molecule has 0 saturated carbocycles. The van der Waals surface area contributed by atoms with Crippen LogP contribution in [0, 0.1) is 6.92 Å². The van der Waals surface area contributed by atoms with Crippen LogP contribution in [0.25, 0.3) is 0 Å². The van der Waals surface area contributed by atoms with E-state index < -0.39 is 0 Å². The Kier molecular flexibility index (Phi) is 12.2. The molecule has 8 heteroatoms. The molecule has 0 bridgehead atoms. The van der Waals surface area contributed by atoms with Gasteiger partial charge in [0.05, 0.1) is 13.2 Å². The third-order valence-corrected chi connectivity index (χ3v) is 4.80. The lowest BCUT2D eigenvalue weighted by Crippen LogP contribution is -2.42. The minimum Gasteiger partial charge on any atom is -0.379 e. The monoisotopic (exact) mass is 517 g/mol. The average Bonchev–Trinajstić information content (AvgIpc) is 2.69. The Balaban J connectivity index is 0.00000420. The first-order chi connectivity index (χ1) is 13.5. The topological polar surface area (TPSA) is 60.4 Å². The zero-order valence-corrected chi connectivity index (χ0v) is 20.5. The van der Waals surface area contributed by atoms with Gasteiger partial charge in [-0.1, -0.05) is 29.8 Å².